The van der Waals surface area contributed by atoms with E-state index in [-0.39, 0.29) is 5.91 Å². The van der Waals surface area contributed by atoms with E-state index in [0.717, 1.165) is 13.0 Å². The molecule has 0 saturated carbocycles. The molecule has 1 heterocycles. The lowest BCUT2D eigenvalue weighted by Gasteiger charge is -2.26. The summed E-state index contributed by atoms with van der Waals surface area (Å²) in [6.45, 7) is 5.88. The van der Waals surface area contributed by atoms with Gasteiger partial charge in [-0.2, -0.15) is 0 Å². The van der Waals surface area contributed by atoms with Crippen LogP contribution in [0.25, 0.3) is 0 Å². The van der Waals surface area contributed by atoms with Gasteiger partial charge in [-0.25, -0.2) is 0 Å². The van der Waals surface area contributed by atoms with Crippen LogP contribution in [0.2, 0.25) is 0 Å². The lowest BCUT2D eigenvalue weighted by atomic mass is 10.1. The minimum absolute atomic E-state index is 0.0144. The van der Waals surface area contributed by atoms with Gasteiger partial charge >= 0.3 is 0 Å². The van der Waals surface area contributed by atoms with E-state index in [0.29, 0.717) is 30.2 Å². The molecule has 1 amide bonds. The van der Waals surface area contributed by atoms with Crippen LogP contribution in [-0.2, 0) is 0 Å². The minimum atomic E-state index is -0.0144. The molecule has 1 aromatic rings. The van der Waals surface area contributed by atoms with Crippen molar-refractivity contribution in [1.29, 1.82) is 0 Å². The van der Waals surface area contributed by atoms with Gasteiger partial charge in [-0.1, -0.05) is 17.7 Å². The molecular formula is C15H20N2O2. The fourth-order valence-electron chi connectivity index (χ4n) is 2.15. The van der Waals surface area contributed by atoms with Crippen LogP contribution in [0.4, 0.5) is 5.69 Å². The fourth-order valence-corrected chi connectivity index (χ4v) is 2.15. The van der Waals surface area contributed by atoms with Crippen molar-refractivity contribution < 1.29 is 9.53 Å². The molecule has 2 rings (SSSR count). The Morgan fingerprint density at radius 1 is 1.47 bits per heavy atom. The number of hydrogen-bond acceptors (Lipinski definition) is 3. The van der Waals surface area contributed by atoms with E-state index in [9.17, 15) is 4.79 Å². The van der Waals surface area contributed by atoms with Gasteiger partial charge in [-0.15, -0.1) is 0 Å². The number of rotatable bonds is 3. The predicted molar refractivity (Wildman–Crippen MR) is 76.3 cm³/mol. The number of carbonyl (C=O) groups is 1. The van der Waals surface area contributed by atoms with Gasteiger partial charge in [0.15, 0.2) is 5.75 Å². The van der Waals surface area contributed by atoms with E-state index in [1.807, 2.05) is 11.8 Å². The second kappa shape index (κ2) is 5.78. The third-order valence-corrected chi connectivity index (χ3v) is 3.29. The monoisotopic (exact) mass is 260 g/mol. The molecule has 0 aliphatic carbocycles. The topological polar surface area (TPSA) is 55.6 Å². The number of nitrogens with zero attached hydrogens (tertiary/aromatic N) is 1. The molecule has 0 fully saturated rings. The van der Waals surface area contributed by atoms with Gasteiger partial charge in [-0.3, -0.25) is 4.79 Å². The molecule has 1 aliphatic heterocycles. The second-order valence-corrected chi connectivity index (χ2v) is 4.71. The van der Waals surface area contributed by atoms with Crippen molar-refractivity contribution >= 4 is 11.6 Å². The van der Waals surface area contributed by atoms with Gasteiger partial charge in [0.05, 0.1) is 17.9 Å². The van der Waals surface area contributed by atoms with Crippen LogP contribution < -0.4 is 10.5 Å². The molecule has 19 heavy (non-hydrogen) atoms. The molecule has 4 nitrogen and oxygen atoms in total. The third-order valence-electron chi connectivity index (χ3n) is 3.29. The van der Waals surface area contributed by atoms with Crippen LogP contribution >= 0.6 is 0 Å². The summed E-state index contributed by atoms with van der Waals surface area (Å²) in [7, 11) is 0. The van der Waals surface area contributed by atoms with Gasteiger partial charge in [-0.05, 0) is 32.4 Å². The van der Waals surface area contributed by atoms with E-state index < -0.39 is 0 Å². The van der Waals surface area contributed by atoms with Crippen molar-refractivity contribution in [3.63, 3.8) is 0 Å². The Bertz CT molecular complexity index is 509. The first kappa shape index (κ1) is 13.5. The van der Waals surface area contributed by atoms with Crippen LogP contribution in [-0.4, -0.2) is 30.5 Å². The number of carbonyl (C=O) groups excluding carboxylic acids is 1. The highest BCUT2D eigenvalue weighted by molar-refractivity contribution is 5.98. The number of nitrogen functional groups attached to an aromatic ring is 1. The molecule has 2 N–H and O–H groups in total. The van der Waals surface area contributed by atoms with Gasteiger partial charge in [0.25, 0.3) is 5.91 Å². The van der Waals surface area contributed by atoms with Gasteiger partial charge in [0, 0.05) is 13.1 Å². The summed E-state index contributed by atoms with van der Waals surface area (Å²) in [6.07, 6.45) is 3.02. The Morgan fingerprint density at radius 3 is 2.89 bits per heavy atom. The third kappa shape index (κ3) is 2.89. The Labute approximate surface area is 113 Å². The molecule has 0 radical (unpaired) electrons. The number of benzene rings is 1. The van der Waals surface area contributed by atoms with E-state index in [2.05, 4.69) is 13.0 Å². The number of nitrogens with two attached hydrogens (primary N) is 1. The maximum atomic E-state index is 12.5. The Balaban J connectivity index is 2.26. The maximum absolute atomic E-state index is 12.5. The van der Waals surface area contributed by atoms with Crippen molar-refractivity contribution in [3.05, 3.63) is 35.4 Å². The molecule has 0 unspecified atom stereocenters. The summed E-state index contributed by atoms with van der Waals surface area (Å²) in [5.74, 6) is 0.487. The van der Waals surface area contributed by atoms with Crippen molar-refractivity contribution in [2.75, 3.05) is 25.4 Å². The fraction of sp³-hybridized carbons (Fsp3) is 0.400. The van der Waals surface area contributed by atoms with E-state index in [1.165, 1.54) is 5.57 Å². The van der Waals surface area contributed by atoms with E-state index >= 15 is 0 Å². The molecule has 0 aromatic heterocycles. The molecular weight excluding hydrogens is 240 g/mol. The quantitative estimate of drug-likeness (QED) is 0.671. The zero-order valence-corrected chi connectivity index (χ0v) is 11.5. The number of anilines is 1. The molecule has 1 aromatic carbocycles. The average Bonchev–Trinajstić information content (AvgIpc) is 2.41. The number of hydrogen-bond donors (Lipinski definition) is 1. The summed E-state index contributed by atoms with van der Waals surface area (Å²) >= 11 is 0. The number of amides is 1. The van der Waals surface area contributed by atoms with Gasteiger partial charge in [0.1, 0.15) is 0 Å². The zero-order valence-electron chi connectivity index (χ0n) is 11.5. The Kier molecular flexibility index (Phi) is 4.10. The standard InChI is InChI=1S/C15H20N2O2/c1-3-19-14-12(5-4-6-13(14)16)15(18)17-9-7-11(2)8-10-17/h4-7H,3,8-10,16H2,1-2H3. The Morgan fingerprint density at radius 2 is 2.26 bits per heavy atom. The second-order valence-electron chi connectivity index (χ2n) is 4.71. The van der Waals surface area contributed by atoms with Crippen molar-refractivity contribution in [2.45, 2.75) is 20.3 Å². The normalized spacial score (nSPS) is 15.1. The van der Waals surface area contributed by atoms with Crippen LogP contribution in [0.1, 0.15) is 30.6 Å². The molecule has 0 bridgehead atoms. The minimum Gasteiger partial charge on any atom is -0.491 e. The van der Waals surface area contributed by atoms with Crippen LogP contribution in [0.5, 0.6) is 5.75 Å². The van der Waals surface area contributed by atoms with Crippen LogP contribution in [0.3, 0.4) is 0 Å². The molecule has 0 spiro atoms. The summed E-state index contributed by atoms with van der Waals surface area (Å²) in [5, 5.41) is 0. The average molecular weight is 260 g/mol. The van der Waals surface area contributed by atoms with Crippen molar-refractivity contribution in [2.24, 2.45) is 0 Å². The highest BCUT2D eigenvalue weighted by Gasteiger charge is 2.21. The molecule has 4 heteroatoms. The smallest absolute Gasteiger partial charge is 0.257 e. The SMILES string of the molecule is CCOc1c(N)cccc1C(=O)N1CC=C(C)CC1. The molecule has 102 valence electrons. The first-order chi connectivity index (χ1) is 9.13. The number of para-hydroxylation sites is 1. The first-order valence-corrected chi connectivity index (χ1v) is 6.59. The molecule has 1 aliphatic rings. The summed E-state index contributed by atoms with van der Waals surface area (Å²) in [4.78, 5) is 14.3. The Hall–Kier alpha value is -1.97. The van der Waals surface area contributed by atoms with Crippen LogP contribution in [0.15, 0.2) is 29.8 Å². The maximum Gasteiger partial charge on any atom is 0.257 e. The van der Waals surface area contributed by atoms with Crippen molar-refractivity contribution in [1.82, 2.24) is 4.90 Å². The lowest BCUT2D eigenvalue weighted by molar-refractivity contribution is 0.0765. The molecule has 0 saturated heterocycles. The largest absolute Gasteiger partial charge is 0.491 e. The predicted octanol–water partition coefficient (Wildman–Crippen LogP) is 2.46. The van der Waals surface area contributed by atoms with Crippen molar-refractivity contribution in [3.8, 4) is 5.75 Å². The van der Waals surface area contributed by atoms with E-state index in [4.69, 9.17) is 10.5 Å². The van der Waals surface area contributed by atoms with Gasteiger partial charge in [0.2, 0.25) is 0 Å². The van der Waals surface area contributed by atoms with Crippen LogP contribution in [0, 0.1) is 0 Å². The summed E-state index contributed by atoms with van der Waals surface area (Å²) in [6, 6.07) is 5.31. The highest BCUT2D eigenvalue weighted by atomic mass is 16.5. The summed E-state index contributed by atoms with van der Waals surface area (Å²) in [5.41, 5.74) is 8.29. The first-order valence-electron chi connectivity index (χ1n) is 6.59. The highest BCUT2D eigenvalue weighted by Crippen LogP contribution is 2.28. The lowest BCUT2D eigenvalue weighted by Crippen LogP contribution is -2.35. The molecule has 0 atom stereocenters. The number of ether oxygens (including phenoxy) is 1. The summed E-state index contributed by atoms with van der Waals surface area (Å²) < 4.78 is 5.51. The van der Waals surface area contributed by atoms with E-state index in [1.54, 1.807) is 18.2 Å². The van der Waals surface area contributed by atoms with Gasteiger partial charge < -0.3 is 15.4 Å². The zero-order chi connectivity index (χ0) is 13.8.